The van der Waals surface area contributed by atoms with Crippen LogP contribution in [0.15, 0.2) is 0 Å². The summed E-state index contributed by atoms with van der Waals surface area (Å²) in [5.41, 5.74) is 0. The molecule has 0 atom stereocenters. The molecule has 0 aromatic carbocycles. The van der Waals surface area contributed by atoms with Gasteiger partial charge in [-0.1, -0.05) is 0 Å². The first kappa shape index (κ1) is 12.1. The SMILES string of the molecule is COCCOC(=O)CO.N. The highest BCUT2D eigenvalue weighted by molar-refractivity contribution is 5.70. The average Bonchev–Trinajstić information content (AvgIpc) is 1.89. The second-order valence-corrected chi connectivity index (χ2v) is 1.37. The number of methoxy groups -OCH3 is 1. The van der Waals surface area contributed by atoms with Gasteiger partial charge in [0.2, 0.25) is 0 Å². The number of carbonyl (C=O) groups is 1. The molecule has 0 saturated heterocycles. The molecule has 0 amide bonds. The zero-order valence-corrected chi connectivity index (χ0v) is 6.00. The van der Waals surface area contributed by atoms with Crippen LogP contribution in [-0.4, -0.2) is 38.0 Å². The van der Waals surface area contributed by atoms with Crippen LogP contribution >= 0.6 is 0 Å². The normalized spacial score (nSPS) is 8.20. The highest BCUT2D eigenvalue weighted by atomic mass is 16.6. The molecular formula is C5H13NO4. The quantitative estimate of drug-likeness (QED) is 0.410. The van der Waals surface area contributed by atoms with Crippen LogP contribution in [0.3, 0.4) is 0 Å². The highest BCUT2D eigenvalue weighted by Crippen LogP contribution is 1.76. The number of esters is 1. The van der Waals surface area contributed by atoms with Crippen LogP contribution in [-0.2, 0) is 14.3 Å². The Hall–Kier alpha value is -0.650. The van der Waals surface area contributed by atoms with Crippen LogP contribution in [0.1, 0.15) is 0 Å². The summed E-state index contributed by atoms with van der Waals surface area (Å²) in [6.07, 6.45) is 0. The summed E-state index contributed by atoms with van der Waals surface area (Å²) >= 11 is 0. The van der Waals surface area contributed by atoms with E-state index >= 15 is 0 Å². The maximum absolute atomic E-state index is 10.2. The molecule has 5 nitrogen and oxygen atoms in total. The van der Waals surface area contributed by atoms with Gasteiger partial charge in [-0.3, -0.25) is 0 Å². The molecule has 0 aliphatic rings. The summed E-state index contributed by atoms with van der Waals surface area (Å²) in [6.45, 7) is 0.00531. The first-order valence-electron chi connectivity index (χ1n) is 2.56. The van der Waals surface area contributed by atoms with E-state index in [1.807, 2.05) is 0 Å². The third kappa shape index (κ3) is 7.35. The molecule has 4 N–H and O–H groups in total. The smallest absolute Gasteiger partial charge is 0.331 e. The largest absolute Gasteiger partial charge is 0.462 e. The number of aliphatic hydroxyl groups excluding tert-OH is 1. The number of hydrogen-bond acceptors (Lipinski definition) is 5. The maximum atomic E-state index is 10.2. The first-order valence-corrected chi connectivity index (χ1v) is 2.56. The topological polar surface area (TPSA) is 90.8 Å². The van der Waals surface area contributed by atoms with Crippen molar-refractivity contribution in [1.29, 1.82) is 0 Å². The number of rotatable bonds is 4. The van der Waals surface area contributed by atoms with E-state index in [1.165, 1.54) is 7.11 Å². The van der Waals surface area contributed by atoms with Crippen molar-refractivity contribution in [3.63, 3.8) is 0 Å². The van der Waals surface area contributed by atoms with Crippen LogP contribution in [0.4, 0.5) is 0 Å². The van der Waals surface area contributed by atoms with Gasteiger partial charge in [-0.2, -0.15) is 0 Å². The highest BCUT2D eigenvalue weighted by Gasteiger charge is 1.96. The predicted octanol–water partition coefficient (Wildman–Crippen LogP) is -0.670. The predicted molar refractivity (Wildman–Crippen MR) is 34.9 cm³/mol. The summed E-state index contributed by atoms with van der Waals surface area (Å²) in [4.78, 5) is 10.2. The van der Waals surface area contributed by atoms with E-state index in [0.29, 0.717) is 6.61 Å². The second kappa shape index (κ2) is 8.35. The fourth-order valence-corrected chi connectivity index (χ4v) is 0.284. The van der Waals surface area contributed by atoms with Gasteiger partial charge in [0.25, 0.3) is 0 Å². The molecule has 10 heavy (non-hydrogen) atoms. The van der Waals surface area contributed by atoms with Crippen LogP contribution in [0.25, 0.3) is 0 Å². The molecule has 0 saturated carbocycles. The van der Waals surface area contributed by atoms with Crippen molar-refractivity contribution in [2.45, 2.75) is 0 Å². The standard InChI is InChI=1S/C5H10O4.H3N/c1-8-2-3-9-5(7)4-6;/h6H,2-4H2,1H3;1H3. The van der Waals surface area contributed by atoms with Gasteiger partial charge >= 0.3 is 5.97 Å². The van der Waals surface area contributed by atoms with Crippen molar-refractivity contribution in [3.05, 3.63) is 0 Å². The summed E-state index contributed by atoms with van der Waals surface area (Å²) in [5.74, 6) is -0.618. The van der Waals surface area contributed by atoms with E-state index in [-0.39, 0.29) is 12.8 Å². The van der Waals surface area contributed by atoms with Crippen molar-refractivity contribution in [3.8, 4) is 0 Å². The molecule has 0 fully saturated rings. The molecule has 0 aliphatic heterocycles. The van der Waals surface area contributed by atoms with Crippen molar-refractivity contribution >= 4 is 5.97 Å². The molecule has 0 aromatic rings. The van der Waals surface area contributed by atoms with Crippen LogP contribution in [0, 0.1) is 0 Å². The minimum absolute atomic E-state index is 0. The van der Waals surface area contributed by atoms with Gasteiger partial charge in [0, 0.05) is 7.11 Å². The Morgan fingerprint density at radius 3 is 2.50 bits per heavy atom. The molecule has 0 aromatic heterocycles. The van der Waals surface area contributed by atoms with Gasteiger partial charge in [0.15, 0.2) is 0 Å². The summed E-state index contributed by atoms with van der Waals surface area (Å²) < 4.78 is 9.00. The van der Waals surface area contributed by atoms with E-state index in [1.54, 1.807) is 0 Å². The van der Waals surface area contributed by atoms with Crippen LogP contribution < -0.4 is 6.15 Å². The minimum atomic E-state index is -0.618. The Balaban J connectivity index is 0. The number of hydrogen-bond donors (Lipinski definition) is 2. The number of aliphatic hydroxyl groups is 1. The molecule has 62 valence electrons. The summed E-state index contributed by atoms with van der Waals surface area (Å²) in [6, 6.07) is 0. The molecule has 0 unspecified atom stereocenters. The average molecular weight is 151 g/mol. The molecular weight excluding hydrogens is 138 g/mol. The third-order valence-electron chi connectivity index (χ3n) is 0.680. The molecule has 5 heteroatoms. The van der Waals surface area contributed by atoms with Gasteiger partial charge < -0.3 is 20.7 Å². The molecule has 0 spiro atoms. The van der Waals surface area contributed by atoms with E-state index < -0.39 is 12.6 Å². The Bertz CT molecular complexity index is 85.7. The zero-order valence-electron chi connectivity index (χ0n) is 6.00. The molecule has 0 radical (unpaired) electrons. The fraction of sp³-hybridized carbons (Fsp3) is 0.800. The molecule has 0 bridgehead atoms. The number of carbonyl (C=O) groups excluding carboxylic acids is 1. The van der Waals surface area contributed by atoms with Crippen molar-refractivity contribution in [1.82, 2.24) is 6.15 Å². The van der Waals surface area contributed by atoms with Gasteiger partial charge in [0.05, 0.1) is 6.61 Å². The summed E-state index contributed by atoms with van der Waals surface area (Å²) in [7, 11) is 1.51. The van der Waals surface area contributed by atoms with Crippen molar-refractivity contribution in [2.24, 2.45) is 0 Å². The lowest BCUT2D eigenvalue weighted by Gasteiger charge is -1.99. The van der Waals surface area contributed by atoms with Gasteiger partial charge in [-0.05, 0) is 0 Å². The lowest BCUT2D eigenvalue weighted by atomic mass is 10.7. The molecule has 0 rings (SSSR count). The Morgan fingerprint density at radius 1 is 1.50 bits per heavy atom. The lowest BCUT2D eigenvalue weighted by Crippen LogP contribution is -2.12. The lowest BCUT2D eigenvalue weighted by molar-refractivity contribution is -0.148. The van der Waals surface area contributed by atoms with Gasteiger partial charge in [0.1, 0.15) is 13.2 Å². The van der Waals surface area contributed by atoms with E-state index in [0.717, 1.165) is 0 Å². The maximum Gasteiger partial charge on any atom is 0.331 e. The van der Waals surface area contributed by atoms with E-state index in [4.69, 9.17) is 5.11 Å². The van der Waals surface area contributed by atoms with Crippen LogP contribution in [0.2, 0.25) is 0 Å². The first-order chi connectivity index (χ1) is 4.31. The molecule has 0 heterocycles. The minimum Gasteiger partial charge on any atom is -0.462 e. The van der Waals surface area contributed by atoms with E-state index in [9.17, 15) is 4.79 Å². The van der Waals surface area contributed by atoms with E-state index in [2.05, 4.69) is 9.47 Å². The summed E-state index contributed by atoms with van der Waals surface area (Å²) in [5, 5.41) is 8.12. The molecule has 0 aliphatic carbocycles. The Morgan fingerprint density at radius 2 is 2.10 bits per heavy atom. The third-order valence-corrected chi connectivity index (χ3v) is 0.680. The fourth-order valence-electron chi connectivity index (χ4n) is 0.284. The number of ether oxygens (including phenoxy) is 2. The van der Waals surface area contributed by atoms with Gasteiger partial charge in [-0.15, -0.1) is 0 Å². The van der Waals surface area contributed by atoms with Gasteiger partial charge in [-0.25, -0.2) is 4.79 Å². The monoisotopic (exact) mass is 151 g/mol. The Labute approximate surface area is 59.5 Å². The second-order valence-electron chi connectivity index (χ2n) is 1.37. The van der Waals surface area contributed by atoms with Crippen molar-refractivity contribution in [2.75, 3.05) is 26.9 Å². The Kier molecular flexibility index (Phi) is 10.1. The van der Waals surface area contributed by atoms with Crippen LogP contribution in [0.5, 0.6) is 0 Å². The zero-order chi connectivity index (χ0) is 7.11. The van der Waals surface area contributed by atoms with Crippen molar-refractivity contribution < 1.29 is 19.4 Å².